The van der Waals surface area contributed by atoms with E-state index in [9.17, 15) is 9.59 Å². The van der Waals surface area contributed by atoms with Crippen molar-refractivity contribution in [2.24, 2.45) is 7.05 Å². The molecule has 0 spiro atoms. The largest absolute Gasteiger partial charge is 0.444 e. The highest BCUT2D eigenvalue weighted by Gasteiger charge is 2.17. The third kappa shape index (κ3) is 4.11. The van der Waals surface area contributed by atoms with Crippen LogP contribution in [0.5, 0.6) is 0 Å². The fourth-order valence-corrected chi connectivity index (χ4v) is 1.44. The second-order valence-corrected chi connectivity index (χ2v) is 4.97. The number of carbonyl (C=O) groups is 2. The van der Waals surface area contributed by atoms with Gasteiger partial charge in [0.25, 0.3) is 5.24 Å². The smallest absolute Gasteiger partial charge is 0.412 e. The molecule has 17 heavy (non-hydrogen) atoms. The Balaban J connectivity index is 2.73. The topological polar surface area (TPSA) is 60.3 Å². The molecule has 1 rings (SSSR count). The van der Waals surface area contributed by atoms with Gasteiger partial charge in [-0.25, -0.2) is 4.79 Å². The van der Waals surface area contributed by atoms with E-state index >= 15 is 0 Å². The molecule has 1 heterocycles. The Morgan fingerprint density at radius 3 is 2.41 bits per heavy atom. The molecule has 0 radical (unpaired) electrons. The number of nitrogens with zero attached hydrogens (tertiary/aromatic N) is 1. The average molecular weight is 259 g/mol. The van der Waals surface area contributed by atoms with E-state index in [4.69, 9.17) is 16.3 Å². The molecule has 0 aliphatic carbocycles. The highest BCUT2D eigenvalue weighted by atomic mass is 35.5. The fraction of sp³-hybridized carbons (Fsp3) is 0.455. The lowest BCUT2D eigenvalue weighted by molar-refractivity contribution is 0.0635. The standard InChI is InChI=1S/C11H15ClN2O3/c1-11(2,3)17-10(16)13-7-5-8(9(12)15)14(4)6-7/h5-6H,1-4H3,(H,13,16). The van der Waals surface area contributed by atoms with E-state index in [1.54, 1.807) is 34.0 Å². The summed E-state index contributed by atoms with van der Waals surface area (Å²) in [6, 6.07) is 1.49. The molecular formula is C11H15ClN2O3. The van der Waals surface area contributed by atoms with E-state index < -0.39 is 16.9 Å². The molecule has 0 aliphatic heterocycles. The minimum Gasteiger partial charge on any atom is -0.444 e. The Bertz CT molecular complexity index is 446. The summed E-state index contributed by atoms with van der Waals surface area (Å²) in [4.78, 5) is 22.5. The number of hydrogen-bond acceptors (Lipinski definition) is 3. The lowest BCUT2D eigenvalue weighted by Gasteiger charge is -2.19. The third-order valence-corrected chi connectivity index (χ3v) is 2.05. The Morgan fingerprint density at radius 2 is 2.00 bits per heavy atom. The summed E-state index contributed by atoms with van der Waals surface area (Å²) in [5, 5.41) is 1.94. The van der Waals surface area contributed by atoms with Crippen molar-refractivity contribution in [3.63, 3.8) is 0 Å². The highest BCUT2D eigenvalue weighted by Crippen LogP contribution is 2.16. The van der Waals surface area contributed by atoms with Crippen LogP contribution >= 0.6 is 11.6 Å². The van der Waals surface area contributed by atoms with Gasteiger partial charge in [-0.05, 0) is 38.4 Å². The predicted molar refractivity (Wildman–Crippen MR) is 65.5 cm³/mol. The first-order valence-corrected chi connectivity index (χ1v) is 5.43. The summed E-state index contributed by atoms with van der Waals surface area (Å²) in [5.41, 5.74) is 0.202. The van der Waals surface area contributed by atoms with Gasteiger partial charge in [0.05, 0.1) is 5.69 Å². The van der Waals surface area contributed by atoms with Crippen LogP contribution in [0.1, 0.15) is 31.3 Å². The predicted octanol–water partition coefficient (Wildman–Crippen LogP) is 2.75. The number of amides is 1. The van der Waals surface area contributed by atoms with Gasteiger partial charge in [0, 0.05) is 13.2 Å². The van der Waals surface area contributed by atoms with Crippen molar-refractivity contribution in [3.8, 4) is 0 Å². The average Bonchev–Trinajstić information content (AvgIpc) is 2.42. The van der Waals surface area contributed by atoms with Gasteiger partial charge in [-0.2, -0.15) is 0 Å². The van der Waals surface area contributed by atoms with Gasteiger partial charge < -0.3 is 9.30 Å². The van der Waals surface area contributed by atoms with Crippen molar-refractivity contribution < 1.29 is 14.3 Å². The van der Waals surface area contributed by atoms with Crippen LogP contribution in [-0.4, -0.2) is 21.5 Å². The lowest BCUT2D eigenvalue weighted by atomic mass is 10.2. The van der Waals surface area contributed by atoms with Crippen molar-refractivity contribution in [1.29, 1.82) is 0 Å². The summed E-state index contributed by atoms with van der Waals surface area (Å²) >= 11 is 5.36. The Hall–Kier alpha value is -1.49. The van der Waals surface area contributed by atoms with E-state index in [1.807, 2.05) is 0 Å². The fourth-order valence-electron chi connectivity index (χ4n) is 1.25. The summed E-state index contributed by atoms with van der Waals surface area (Å²) in [6.07, 6.45) is 1.01. The number of aromatic nitrogens is 1. The van der Waals surface area contributed by atoms with Crippen LogP contribution in [0, 0.1) is 0 Å². The molecule has 1 amide bonds. The number of hydrogen-bond donors (Lipinski definition) is 1. The third-order valence-electron chi connectivity index (χ3n) is 1.85. The van der Waals surface area contributed by atoms with E-state index in [2.05, 4.69) is 5.32 Å². The minimum atomic E-state index is -0.579. The van der Waals surface area contributed by atoms with Gasteiger partial charge in [0.1, 0.15) is 11.3 Å². The van der Waals surface area contributed by atoms with Crippen LogP contribution in [0.2, 0.25) is 0 Å². The number of carbonyl (C=O) groups excluding carboxylic acids is 2. The van der Waals surface area contributed by atoms with E-state index in [1.165, 1.54) is 10.6 Å². The second-order valence-electron chi connectivity index (χ2n) is 4.63. The van der Waals surface area contributed by atoms with Crippen LogP contribution in [0.3, 0.4) is 0 Å². The summed E-state index contributed by atoms with van der Waals surface area (Å²) in [5.74, 6) is 0. The van der Waals surface area contributed by atoms with Gasteiger partial charge in [-0.1, -0.05) is 0 Å². The SMILES string of the molecule is Cn1cc(NC(=O)OC(C)(C)C)cc1C(=O)Cl. The second kappa shape index (κ2) is 4.79. The van der Waals surface area contributed by atoms with E-state index in [0.717, 1.165) is 0 Å². The monoisotopic (exact) mass is 258 g/mol. The van der Waals surface area contributed by atoms with Crippen molar-refractivity contribution >= 4 is 28.6 Å². The lowest BCUT2D eigenvalue weighted by Crippen LogP contribution is -2.27. The molecule has 0 aromatic carbocycles. The number of rotatable bonds is 2. The molecular weight excluding hydrogens is 244 g/mol. The molecule has 1 aromatic heterocycles. The zero-order valence-corrected chi connectivity index (χ0v) is 11.0. The first-order chi connectivity index (χ1) is 7.69. The summed E-state index contributed by atoms with van der Waals surface area (Å²) in [6.45, 7) is 5.31. The summed E-state index contributed by atoms with van der Waals surface area (Å²) in [7, 11) is 1.66. The van der Waals surface area contributed by atoms with Gasteiger partial charge in [-0.15, -0.1) is 0 Å². The van der Waals surface area contributed by atoms with Crippen LogP contribution in [0.4, 0.5) is 10.5 Å². The Kier molecular flexibility index (Phi) is 3.83. The maximum absolute atomic E-state index is 11.5. The molecule has 0 atom stereocenters. The highest BCUT2D eigenvalue weighted by molar-refractivity contribution is 6.67. The van der Waals surface area contributed by atoms with Crippen molar-refractivity contribution in [1.82, 2.24) is 4.57 Å². The first kappa shape index (κ1) is 13.6. The normalized spacial score (nSPS) is 11.1. The molecule has 6 heteroatoms. The summed E-state index contributed by atoms with van der Waals surface area (Å²) < 4.78 is 6.60. The Morgan fingerprint density at radius 1 is 1.41 bits per heavy atom. The quantitative estimate of drug-likeness (QED) is 0.830. The van der Waals surface area contributed by atoms with Gasteiger partial charge in [0.15, 0.2) is 0 Å². The minimum absolute atomic E-state index is 0.303. The number of nitrogens with one attached hydrogen (secondary N) is 1. The van der Waals surface area contributed by atoms with Crippen LogP contribution < -0.4 is 5.32 Å². The molecule has 94 valence electrons. The zero-order chi connectivity index (χ0) is 13.2. The Labute approximate surface area is 105 Å². The molecule has 0 unspecified atom stereocenters. The van der Waals surface area contributed by atoms with Gasteiger partial charge in [-0.3, -0.25) is 10.1 Å². The number of aryl methyl sites for hydroxylation is 1. The van der Waals surface area contributed by atoms with Gasteiger partial charge >= 0.3 is 6.09 Å². The molecule has 0 aliphatic rings. The molecule has 0 bridgehead atoms. The van der Waals surface area contributed by atoms with Crippen molar-refractivity contribution in [3.05, 3.63) is 18.0 Å². The molecule has 1 N–H and O–H groups in total. The zero-order valence-electron chi connectivity index (χ0n) is 10.2. The van der Waals surface area contributed by atoms with Crippen LogP contribution in [-0.2, 0) is 11.8 Å². The van der Waals surface area contributed by atoms with Crippen molar-refractivity contribution in [2.75, 3.05) is 5.32 Å². The molecule has 5 nitrogen and oxygen atoms in total. The number of anilines is 1. The molecule has 0 fully saturated rings. The van der Waals surface area contributed by atoms with Crippen LogP contribution in [0.25, 0.3) is 0 Å². The number of ether oxygens (including phenoxy) is 1. The number of halogens is 1. The van der Waals surface area contributed by atoms with Crippen LogP contribution in [0.15, 0.2) is 12.3 Å². The van der Waals surface area contributed by atoms with E-state index in [0.29, 0.717) is 11.4 Å². The van der Waals surface area contributed by atoms with E-state index in [-0.39, 0.29) is 0 Å². The first-order valence-electron chi connectivity index (χ1n) is 5.05. The van der Waals surface area contributed by atoms with Crippen molar-refractivity contribution in [2.45, 2.75) is 26.4 Å². The maximum Gasteiger partial charge on any atom is 0.412 e. The maximum atomic E-state index is 11.5. The molecule has 1 aromatic rings. The molecule has 0 saturated carbocycles. The van der Waals surface area contributed by atoms with Gasteiger partial charge in [0.2, 0.25) is 0 Å². The molecule has 0 saturated heterocycles.